The van der Waals surface area contributed by atoms with Crippen LogP contribution in [-0.4, -0.2) is 40.1 Å². The second kappa shape index (κ2) is 8.55. The second-order valence-corrected chi connectivity index (χ2v) is 6.47. The van der Waals surface area contributed by atoms with Gasteiger partial charge in [0.15, 0.2) is 0 Å². The van der Waals surface area contributed by atoms with Crippen LogP contribution in [0.4, 0.5) is 5.69 Å². The van der Waals surface area contributed by atoms with Crippen LogP contribution in [0.25, 0.3) is 0 Å². The van der Waals surface area contributed by atoms with E-state index in [9.17, 15) is 24.5 Å². The Kier molecular flexibility index (Phi) is 6.43. The number of hydrogen-bond donors (Lipinski definition) is 1. The smallest absolute Gasteiger partial charge is 0.282 e. The average Bonchev–Trinajstić information content (AvgIpc) is 2.83. The highest BCUT2D eigenvalue weighted by atomic mass is 16.6. The van der Waals surface area contributed by atoms with E-state index in [1.54, 1.807) is 0 Å². The van der Waals surface area contributed by atoms with Crippen molar-refractivity contribution in [2.75, 3.05) is 6.54 Å². The van der Waals surface area contributed by atoms with Gasteiger partial charge in [0.2, 0.25) is 5.91 Å². The van der Waals surface area contributed by atoms with Crippen LogP contribution in [-0.2, 0) is 4.79 Å². The number of hydrogen-bond acceptors (Lipinski definition) is 5. The van der Waals surface area contributed by atoms with Crippen LogP contribution in [0.2, 0.25) is 0 Å². The number of amides is 3. The van der Waals surface area contributed by atoms with E-state index in [1.165, 1.54) is 18.2 Å². The molecule has 0 saturated carbocycles. The zero-order chi connectivity index (χ0) is 19.3. The highest BCUT2D eigenvalue weighted by molar-refractivity contribution is 6.24. The third-order valence-corrected chi connectivity index (χ3v) is 4.37. The van der Waals surface area contributed by atoms with Crippen molar-refractivity contribution in [3.8, 4) is 0 Å². The maximum absolute atomic E-state index is 12.4. The summed E-state index contributed by atoms with van der Waals surface area (Å²) in [7, 11) is 0. The van der Waals surface area contributed by atoms with Crippen molar-refractivity contribution in [3.05, 3.63) is 39.4 Å². The number of nitro benzene ring substituents is 1. The first kappa shape index (κ1) is 19.6. The fourth-order valence-electron chi connectivity index (χ4n) is 3.02. The summed E-state index contributed by atoms with van der Waals surface area (Å²) >= 11 is 0. The quantitative estimate of drug-likeness (QED) is 0.315. The average molecular weight is 361 g/mol. The summed E-state index contributed by atoms with van der Waals surface area (Å²) in [4.78, 5) is 48.1. The highest BCUT2D eigenvalue weighted by Gasteiger charge is 2.41. The van der Waals surface area contributed by atoms with Crippen LogP contribution in [0.1, 0.15) is 66.7 Å². The van der Waals surface area contributed by atoms with Gasteiger partial charge in [-0.1, -0.05) is 38.7 Å². The number of nitro groups is 1. The van der Waals surface area contributed by atoms with Crippen LogP contribution in [0.3, 0.4) is 0 Å². The molecule has 0 unspecified atom stereocenters. The molecular weight excluding hydrogens is 338 g/mol. The van der Waals surface area contributed by atoms with Crippen LogP contribution in [0.5, 0.6) is 0 Å². The van der Waals surface area contributed by atoms with Crippen molar-refractivity contribution in [2.24, 2.45) is 0 Å². The van der Waals surface area contributed by atoms with Crippen molar-refractivity contribution in [1.29, 1.82) is 0 Å². The van der Waals surface area contributed by atoms with E-state index in [4.69, 9.17) is 0 Å². The minimum Gasteiger partial charge on any atom is -0.352 e. The zero-order valence-corrected chi connectivity index (χ0v) is 15.0. The first-order chi connectivity index (χ1) is 12.4. The van der Waals surface area contributed by atoms with E-state index in [0.29, 0.717) is 0 Å². The van der Waals surface area contributed by atoms with Crippen molar-refractivity contribution < 1.29 is 19.3 Å². The Balaban J connectivity index is 1.99. The number of carbonyl (C=O) groups excluding carboxylic acids is 3. The number of nitrogens with one attached hydrogen (secondary N) is 1. The van der Waals surface area contributed by atoms with Crippen molar-refractivity contribution in [2.45, 2.75) is 52.0 Å². The molecule has 26 heavy (non-hydrogen) atoms. The molecule has 1 atom stereocenters. The predicted octanol–water partition coefficient (Wildman–Crippen LogP) is 2.67. The monoisotopic (exact) mass is 361 g/mol. The summed E-state index contributed by atoms with van der Waals surface area (Å²) in [5, 5.41) is 13.8. The van der Waals surface area contributed by atoms with E-state index in [-0.39, 0.29) is 17.2 Å². The van der Waals surface area contributed by atoms with E-state index in [0.717, 1.165) is 37.0 Å². The molecule has 8 heteroatoms. The Hall–Kier alpha value is -2.77. The number of imide groups is 1. The number of benzene rings is 1. The van der Waals surface area contributed by atoms with Gasteiger partial charge in [-0.2, -0.15) is 0 Å². The maximum atomic E-state index is 12.4. The molecule has 140 valence electrons. The molecule has 0 aromatic heterocycles. The number of rotatable bonds is 9. The number of fused-ring (bicyclic) bond motifs is 1. The molecule has 0 aliphatic carbocycles. The van der Waals surface area contributed by atoms with Gasteiger partial charge in [0, 0.05) is 12.1 Å². The first-order valence-electron chi connectivity index (χ1n) is 8.79. The number of carbonyl (C=O) groups is 3. The zero-order valence-electron chi connectivity index (χ0n) is 15.0. The normalized spacial score (nSPS) is 14.3. The Morgan fingerprint density at radius 1 is 1.23 bits per heavy atom. The molecular formula is C18H23N3O5. The fraction of sp³-hybridized carbons (Fsp3) is 0.500. The van der Waals surface area contributed by atoms with E-state index in [2.05, 4.69) is 12.2 Å². The van der Waals surface area contributed by atoms with E-state index in [1.807, 2.05) is 6.92 Å². The molecule has 3 amide bonds. The molecule has 8 nitrogen and oxygen atoms in total. The number of nitrogens with zero attached hydrogens (tertiary/aromatic N) is 2. The summed E-state index contributed by atoms with van der Waals surface area (Å²) < 4.78 is 0. The van der Waals surface area contributed by atoms with Gasteiger partial charge in [-0.3, -0.25) is 29.4 Å². The first-order valence-corrected chi connectivity index (χ1v) is 8.79. The standard InChI is InChI=1S/C18H23N3O5/c1-3-4-5-6-8-12(2)19-15(22)11-20-17(23)13-9-7-10-14(21(25)26)16(13)18(20)24/h7,9-10,12H,3-6,8,11H2,1-2H3,(H,19,22)/t12-/m1/s1. The van der Waals surface area contributed by atoms with Crippen molar-refractivity contribution in [1.82, 2.24) is 10.2 Å². The second-order valence-electron chi connectivity index (χ2n) is 6.47. The topological polar surface area (TPSA) is 110 Å². The van der Waals surface area contributed by atoms with E-state index < -0.39 is 34.9 Å². The SMILES string of the molecule is CCCCCC[C@@H](C)NC(=O)CN1C(=O)c2cccc([N+](=O)[O-])c2C1=O. The van der Waals surface area contributed by atoms with Crippen LogP contribution in [0.15, 0.2) is 18.2 Å². The Labute approximate surface area is 151 Å². The summed E-state index contributed by atoms with van der Waals surface area (Å²) in [6, 6.07) is 3.82. The molecule has 1 aromatic carbocycles. The Morgan fingerprint density at radius 2 is 1.96 bits per heavy atom. The summed E-state index contributed by atoms with van der Waals surface area (Å²) in [6.07, 6.45) is 5.19. The fourth-order valence-corrected chi connectivity index (χ4v) is 3.02. The molecule has 1 N–H and O–H groups in total. The Bertz CT molecular complexity index is 732. The molecule has 0 saturated heterocycles. The Morgan fingerprint density at radius 3 is 2.62 bits per heavy atom. The lowest BCUT2D eigenvalue weighted by molar-refractivity contribution is -0.385. The summed E-state index contributed by atoms with van der Waals surface area (Å²) in [6.45, 7) is 3.55. The third kappa shape index (κ3) is 4.25. The van der Waals surface area contributed by atoms with Crippen LogP contribution in [0, 0.1) is 10.1 Å². The molecule has 1 aromatic rings. The van der Waals surface area contributed by atoms with Crippen molar-refractivity contribution in [3.63, 3.8) is 0 Å². The maximum Gasteiger partial charge on any atom is 0.282 e. The van der Waals surface area contributed by atoms with Gasteiger partial charge in [0.05, 0.1) is 10.5 Å². The van der Waals surface area contributed by atoms with Gasteiger partial charge < -0.3 is 5.32 Å². The third-order valence-electron chi connectivity index (χ3n) is 4.37. The lowest BCUT2D eigenvalue weighted by Crippen LogP contribution is -2.43. The largest absolute Gasteiger partial charge is 0.352 e. The lowest BCUT2D eigenvalue weighted by Gasteiger charge is -2.17. The molecule has 0 spiro atoms. The van der Waals surface area contributed by atoms with Gasteiger partial charge in [0.1, 0.15) is 12.1 Å². The molecule has 2 rings (SSSR count). The summed E-state index contributed by atoms with van der Waals surface area (Å²) in [5.41, 5.74) is -0.708. The van der Waals surface area contributed by atoms with Gasteiger partial charge in [0.25, 0.3) is 17.5 Å². The van der Waals surface area contributed by atoms with Crippen LogP contribution >= 0.6 is 0 Å². The molecule has 1 heterocycles. The van der Waals surface area contributed by atoms with Gasteiger partial charge in [-0.05, 0) is 19.4 Å². The highest BCUT2D eigenvalue weighted by Crippen LogP contribution is 2.30. The molecule has 1 aliphatic rings. The molecule has 0 bridgehead atoms. The van der Waals surface area contributed by atoms with Gasteiger partial charge >= 0.3 is 0 Å². The number of unbranched alkanes of at least 4 members (excludes halogenated alkanes) is 3. The minimum atomic E-state index is -0.803. The molecule has 0 fully saturated rings. The van der Waals surface area contributed by atoms with E-state index >= 15 is 0 Å². The van der Waals surface area contributed by atoms with Gasteiger partial charge in [-0.15, -0.1) is 0 Å². The summed E-state index contributed by atoms with van der Waals surface area (Å²) in [5.74, 6) is -1.94. The van der Waals surface area contributed by atoms with Crippen LogP contribution < -0.4 is 5.32 Å². The lowest BCUT2D eigenvalue weighted by atomic mass is 10.1. The molecule has 1 aliphatic heterocycles. The van der Waals surface area contributed by atoms with Crippen molar-refractivity contribution >= 4 is 23.4 Å². The predicted molar refractivity (Wildman–Crippen MR) is 94.8 cm³/mol. The minimum absolute atomic E-state index is 0.0374. The van der Waals surface area contributed by atoms with Gasteiger partial charge in [-0.25, -0.2) is 0 Å². The molecule has 0 radical (unpaired) electrons.